The van der Waals surface area contributed by atoms with Crippen LogP contribution in [0.2, 0.25) is 0 Å². The third-order valence-electron chi connectivity index (χ3n) is 5.95. The number of nitrogens with zero attached hydrogens (tertiary/aromatic N) is 1. The Labute approximate surface area is 206 Å². The third-order valence-corrected chi connectivity index (χ3v) is 7.78. The molecule has 1 heterocycles. The molecule has 0 unspecified atom stereocenters. The van der Waals surface area contributed by atoms with Gasteiger partial charge in [0.1, 0.15) is 11.5 Å². The summed E-state index contributed by atoms with van der Waals surface area (Å²) in [6.07, 6.45) is 3.53. The van der Waals surface area contributed by atoms with E-state index in [-0.39, 0.29) is 10.8 Å². The Morgan fingerprint density at radius 1 is 1.00 bits per heavy atom. The van der Waals surface area contributed by atoms with E-state index in [0.29, 0.717) is 35.8 Å². The van der Waals surface area contributed by atoms with Crippen LogP contribution in [0.5, 0.6) is 11.5 Å². The predicted molar refractivity (Wildman–Crippen MR) is 137 cm³/mol. The normalized spacial score (nSPS) is 13.1. The molecule has 0 aliphatic carbocycles. The molecule has 0 aromatic heterocycles. The number of rotatable bonds is 9. The summed E-state index contributed by atoms with van der Waals surface area (Å²) in [6.45, 7) is 3.12. The van der Waals surface area contributed by atoms with E-state index < -0.39 is 10.0 Å². The zero-order valence-corrected chi connectivity index (χ0v) is 20.8. The van der Waals surface area contributed by atoms with Gasteiger partial charge in [0.25, 0.3) is 15.9 Å². The fourth-order valence-corrected chi connectivity index (χ4v) is 5.52. The number of carbonyl (C=O) groups is 1. The van der Waals surface area contributed by atoms with Gasteiger partial charge in [0.05, 0.1) is 24.3 Å². The number of sulfonamides is 1. The van der Waals surface area contributed by atoms with Crippen molar-refractivity contribution in [1.82, 2.24) is 0 Å². The van der Waals surface area contributed by atoms with Crippen molar-refractivity contribution in [3.8, 4) is 11.5 Å². The maximum atomic E-state index is 13.4. The molecular formula is C27H30N2O5S. The Morgan fingerprint density at radius 3 is 2.40 bits per heavy atom. The van der Waals surface area contributed by atoms with E-state index in [0.717, 1.165) is 37.0 Å². The molecule has 1 aliphatic heterocycles. The lowest BCUT2D eigenvalue weighted by Gasteiger charge is -2.31. The molecule has 7 nitrogen and oxygen atoms in total. The summed E-state index contributed by atoms with van der Waals surface area (Å²) < 4.78 is 39.1. The van der Waals surface area contributed by atoms with E-state index in [2.05, 4.69) is 12.2 Å². The van der Waals surface area contributed by atoms with E-state index >= 15 is 0 Å². The summed E-state index contributed by atoms with van der Waals surface area (Å²) in [5.74, 6) is 1.04. The monoisotopic (exact) mass is 494 g/mol. The maximum Gasteiger partial charge on any atom is 0.264 e. The fourth-order valence-electron chi connectivity index (χ4n) is 3.98. The lowest BCUT2D eigenvalue weighted by atomic mass is 10.0. The van der Waals surface area contributed by atoms with Crippen molar-refractivity contribution in [3.05, 3.63) is 77.9 Å². The van der Waals surface area contributed by atoms with Crippen molar-refractivity contribution in [1.29, 1.82) is 0 Å². The van der Waals surface area contributed by atoms with Gasteiger partial charge in [-0.2, -0.15) is 0 Å². The molecule has 0 bridgehead atoms. The summed E-state index contributed by atoms with van der Waals surface area (Å²) in [5.41, 5.74) is 2.55. The van der Waals surface area contributed by atoms with Crippen LogP contribution in [0.25, 0.3) is 0 Å². The lowest BCUT2D eigenvalue weighted by Crippen LogP contribution is -2.35. The van der Waals surface area contributed by atoms with Crippen molar-refractivity contribution in [3.63, 3.8) is 0 Å². The van der Waals surface area contributed by atoms with Crippen LogP contribution < -0.4 is 19.1 Å². The quantitative estimate of drug-likeness (QED) is 0.410. The van der Waals surface area contributed by atoms with Crippen LogP contribution in [-0.4, -0.2) is 34.6 Å². The molecule has 3 aromatic carbocycles. The smallest absolute Gasteiger partial charge is 0.264 e. The van der Waals surface area contributed by atoms with Crippen LogP contribution in [-0.2, 0) is 16.4 Å². The van der Waals surface area contributed by atoms with Gasteiger partial charge in [-0.15, -0.1) is 0 Å². The Balaban J connectivity index is 1.53. The standard InChI is InChI=1S/C27H30N2O5S/c1-3-4-18-34-24-11-8-21(9-12-24)27(30)28-22-10-7-20-6-5-17-29(26(20)19-22)35(31,32)25-15-13-23(33-2)14-16-25/h7-16,19H,3-6,17-18H2,1-2H3,(H,28,30). The molecule has 3 aromatic rings. The molecule has 0 saturated carbocycles. The number of aryl methyl sites for hydroxylation is 1. The number of anilines is 2. The number of nitrogens with one attached hydrogen (secondary N) is 1. The predicted octanol–water partition coefficient (Wildman–Crippen LogP) is 5.27. The number of hydrogen-bond acceptors (Lipinski definition) is 5. The molecule has 1 N–H and O–H groups in total. The van der Waals surface area contributed by atoms with Gasteiger partial charge in [0.2, 0.25) is 0 Å². The molecule has 0 fully saturated rings. The summed E-state index contributed by atoms with van der Waals surface area (Å²) in [5, 5.41) is 2.89. The molecule has 4 rings (SSSR count). The number of amides is 1. The van der Waals surface area contributed by atoms with E-state index in [1.807, 2.05) is 12.1 Å². The highest BCUT2D eigenvalue weighted by atomic mass is 32.2. The number of hydrogen-bond donors (Lipinski definition) is 1. The Bertz CT molecular complexity index is 1270. The second-order valence-corrected chi connectivity index (χ2v) is 10.2. The zero-order valence-electron chi connectivity index (χ0n) is 20.0. The molecule has 0 saturated heterocycles. The molecule has 0 radical (unpaired) electrons. The number of carbonyl (C=O) groups excluding carboxylic acids is 1. The first kappa shape index (κ1) is 24.6. The number of fused-ring (bicyclic) bond motifs is 1. The molecule has 1 aliphatic rings. The second-order valence-electron chi connectivity index (χ2n) is 8.38. The number of unbranched alkanes of at least 4 members (excludes halogenated alkanes) is 1. The van der Waals surface area contributed by atoms with Crippen molar-refractivity contribution in [2.75, 3.05) is 29.9 Å². The lowest BCUT2D eigenvalue weighted by molar-refractivity contribution is 0.102. The van der Waals surface area contributed by atoms with Crippen LogP contribution in [0, 0.1) is 0 Å². The van der Waals surface area contributed by atoms with E-state index in [1.54, 1.807) is 54.6 Å². The minimum Gasteiger partial charge on any atom is -0.497 e. The van der Waals surface area contributed by atoms with Crippen LogP contribution in [0.1, 0.15) is 42.1 Å². The Hall–Kier alpha value is -3.52. The van der Waals surface area contributed by atoms with Gasteiger partial charge < -0.3 is 14.8 Å². The third kappa shape index (κ3) is 5.59. The van der Waals surface area contributed by atoms with Gasteiger partial charge >= 0.3 is 0 Å². The first-order chi connectivity index (χ1) is 16.9. The minimum absolute atomic E-state index is 0.196. The number of ether oxygens (including phenoxy) is 2. The molecular weight excluding hydrogens is 464 g/mol. The van der Waals surface area contributed by atoms with Crippen molar-refractivity contribution < 1.29 is 22.7 Å². The number of methoxy groups -OCH3 is 1. The molecule has 0 spiro atoms. The molecule has 0 atom stereocenters. The second kappa shape index (κ2) is 10.8. The minimum atomic E-state index is -3.76. The van der Waals surface area contributed by atoms with Crippen molar-refractivity contribution >= 4 is 27.3 Å². The van der Waals surface area contributed by atoms with Gasteiger partial charge in [0, 0.05) is 17.8 Å². The molecule has 8 heteroatoms. The zero-order chi connectivity index (χ0) is 24.8. The average molecular weight is 495 g/mol. The summed E-state index contributed by atoms with van der Waals surface area (Å²) >= 11 is 0. The summed E-state index contributed by atoms with van der Waals surface area (Å²) in [6, 6.07) is 18.8. The van der Waals surface area contributed by atoms with Gasteiger partial charge in [-0.3, -0.25) is 9.10 Å². The van der Waals surface area contributed by atoms with Crippen LogP contribution in [0.4, 0.5) is 11.4 Å². The van der Waals surface area contributed by atoms with Gasteiger partial charge in [-0.1, -0.05) is 19.4 Å². The summed E-state index contributed by atoms with van der Waals surface area (Å²) in [4.78, 5) is 13.0. The van der Waals surface area contributed by atoms with Crippen molar-refractivity contribution in [2.24, 2.45) is 0 Å². The van der Waals surface area contributed by atoms with Gasteiger partial charge in [-0.25, -0.2) is 8.42 Å². The highest BCUT2D eigenvalue weighted by Gasteiger charge is 2.29. The fraction of sp³-hybridized carbons (Fsp3) is 0.296. The molecule has 1 amide bonds. The highest BCUT2D eigenvalue weighted by molar-refractivity contribution is 7.92. The van der Waals surface area contributed by atoms with Crippen LogP contribution >= 0.6 is 0 Å². The largest absolute Gasteiger partial charge is 0.497 e. The SMILES string of the molecule is CCCCOc1ccc(C(=O)Nc2ccc3c(c2)N(S(=O)(=O)c2ccc(OC)cc2)CCC3)cc1. The Kier molecular flexibility index (Phi) is 7.60. The topological polar surface area (TPSA) is 84.9 Å². The highest BCUT2D eigenvalue weighted by Crippen LogP contribution is 2.34. The average Bonchev–Trinajstić information content (AvgIpc) is 2.88. The molecule has 184 valence electrons. The first-order valence-electron chi connectivity index (χ1n) is 11.8. The summed E-state index contributed by atoms with van der Waals surface area (Å²) in [7, 11) is -2.22. The van der Waals surface area contributed by atoms with Crippen LogP contribution in [0.15, 0.2) is 71.6 Å². The van der Waals surface area contributed by atoms with Crippen molar-refractivity contribution in [2.45, 2.75) is 37.5 Å². The van der Waals surface area contributed by atoms with Gasteiger partial charge in [0.15, 0.2) is 0 Å². The Morgan fingerprint density at radius 2 is 1.71 bits per heavy atom. The van der Waals surface area contributed by atoms with E-state index in [9.17, 15) is 13.2 Å². The first-order valence-corrected chi connectivity index (χ1v) is 13.2. The van der Waals surface area contributed by atoms with Gasteiger partial charge in [-0.05, 0) is 85.5 Å². The van der Waals surface area contributed by atoms with E-state index in [1.165, 1.54) is 11.4 Å². The van der Waals surface area contributed by atoms with Crippen LogP contribution in [0.3, 0.4) is 0 Å². The maximum absolute atomic E-state index is 13.4. The van der Waals surface area contributed by atoms with E-state index in [4.69, 9.17) is 9.47 Å². The molecule has 35 heavy (non-hydrogen) atoms. The number of benzene rings is 3.